The van der Waals surface area contributed by atoms with Crippen LogP contribution >= 0.6 is 0 Å². The predicted molar refractivity (Wildman–Crippen MR) is 75.5 cm³/mol. The second-order valence-corrected chi connectivity index (χ2v) is 4.25. The van der Waals surface area contributed by atoms with Gasteiger partial charge in [-0.05, 0) is 24.1 Å². The van der Waals surface area contributed by atoms with Crippen LogP contribution in [0, 0.1) is 11.8 Å². The molecule has 6 heteroatoms. The normalized spacial score (nSPS) is 12.9. The molecule has 3 heterocycles. The number of anilines is 1. The van der Waals surface area contributed by atoms with Gasteiger partial charge in [-0.15, -0.1) is 0 Å². The van der Waals surface area contributed by atoms with Gasteiger partial charge in [-0.25, -0.2) is 9.88 Å². The van der Waals surface area contributed by atoms with E-state index in [0.717, 1.165) is 4.90 Å². The summed E-state index contributed by atoms with van der Waals surface area (Å²) in [6, 6.07) is 6.48. The molecule has 2 aromatic rings. The van der Waals surface area contributed by atoms with Crippen molar-refractivity contribution < 1.29 is 9.59 Å². The Kier molecular flexibility index (Phi) is 3.18. The molecule has 6 nitrogen and oxygen atoms in total. The van der Waals surface area contributed by atoms with Crippen molar-refractivity contribution in [3.63, 3.8) is 0 Å². The zero-order chi connectivity index (χ0) is 14.8. The number of pyridine rings is 2. The molecule has 0 saturated heterocycles. The third-order valence-corrected chi connectivity index (χ3v) is 2.97. The first-order valence-corrected chi connectivity index (χ1v) is 6.21. The number of imide groups is 1. The van der Waals surface area contributed by atoms with Gasteiger partial charge in [0.25, 0.3) is 11.8 Å². The number of aromatic nitrogens is 2. The number of hydrogen-bond donors (Lipinski definition) is 1. The maximum atomic E-state index is 12.3. The van der Waals surface area contributed by atoms with Crippen LogP contribution in [0.5, 0.6) is 0 Å². The van der Waals surface area contributed by atoms with Gasteiger partial charge in [0, 0.05) is 12.4 Å². The Morgan fingerprint density at radius 1 is 1.14 bits per heavy atom. The second kappa shape index (κ2) is 5.15. The van der Waals surface area contributed by atoms with E-state index in [4.69, 9.17) is 5.73 Å². The van der Waals surface area contributed by atoms with Crippen LogP contribution in [0.4, 0.5) is 5.82 Å². The average molecular weight is 278 g/mol. The molecule has 2 aromatic heterocycles. The number of amides is 2. The van der Waals surface area contributed by atoms with Crippen molar-refractivity contribution in [3.8, 4) is 11.8 Å². The van der Waals surface area contributed by atoms with Gasteiger partial charge in [0.1, 0.15) is 11.5 Å². The number of hydrogen-bond acceptors (Lipinski definition) is 5. The van der Waals surface area contributed by atoms with E-state index in [2.05, 4.69) is 21.8 Å². The zero-order valence-corrected chi connectivity index (χ0v) is 10.9. The zero-order valence-electron chi connectivity index (χ0n) is 10.9. The standard InChI is InChI=1S/C15H10N4O2/c16-7-2-4-10-3-1-5-13(18-10)19-14(20)11-6-8-17-9-12(11)15(19)21/h1,3,5-6,8-9H,7,16H2. The van der Waals surface area contributed by atoms with E-state index in [0.29, 0.717) is 11.3 Å². The SMILES string of the molecule is NCC#Cc1cccc(N2C(=O)c3ccncc3C2=O)n1. The van der Waals surface area contributed by atoms with Crippen molar-refractivity contribution in [2.24, 2.45) is 5.73 Å². The third-order valence-electron chi connectivity index (χ3n) is 2.97. The van der Waals surface area contributed by atoms with Gasteiger partial charge in [0.05, 0.1) is 17.7 Å². The summed E-state index contributed by atoms with van der Waals surface area (Å²) in [7, 11) is 0. The first-order valence-electron chi connectivity index (χ1n) is 6.21. The summed E-state index contributed by atoms with van der Waals surface area (Å²) in [4.78, 5) is 33.7. The lowest BCUT2D eigenvalue weighted by Crippen LogP contribution is -2.30. The van der Waals surface area contributed by atoms with Crippen molar-refractivity contribution in [2.45, 2.75) is 0 Å². The molecule has 21 heavy (non-hydrogen) atoms. The lowest BCUT2D eigenvalue weighted by atomic mass is 10.2. The van der Waals surface area contributed by atoms with Crippen molar-refractivity contribution in [1.29, 1.82) is 0 Å². The van der Waals surface area contributed by atoms with Gasteiger partial charge < -0.3 is 5.73 Å². The van der Waals surface area contributed by atoms with E-state index in [1.54, 1.807) is 18.2 Å². The van der Waals surface area contributed by atoms with Crippen LogP contribution in [0.15, 0.2) is 36.7 Å². The molecule has 1 aliphatic heterocycles. The molecular weight excluding hydrogens is 268 g/mol. The first-order chi connectivity index (χ1) is 10.2. The van der Waals surface area contributed by atoms with Crippen molar-refractivity contribution in [1.82, 2.24) is 9.97 Å². The number of carbonyl (C=O) groups excluding carboxylic acids is 2. The minimum Gasteiger partial charge on any atom is -0.320 e. The minimum absolute atomic E-state index is 0.213. The molecule has 0 aromatic carbocycles. The number of carbonyl (C=O) groups is 2. The predicted octanol–water partition coefficient (Wildman–Crippen LogP) is 0.587. The van der Waals surface area contributed by atoms with Crippen LogP contribution in [-0.4, -0.2) is 28.3 Å². The van der Waals surface area contributed by atoms with Crippen LogP contribution < -0.4 is 10.6 Å². The fraction of sp³-hybridized carbons (Fsp3) is 0.0667. The summed E-state index contributed by atoms with van der Waals surface area (Å²) < 4.78 is 0. The fourth-order valence-electron chi connectivity index (χ4n) is 2.05. The van der Waals surface area contributed by atoms with E-state index >= 15 is 0 Å². The van der Waals surface area contributed by atoms with Crippen LogP contribution in [0.2, 0.25) is 0 Å². The maximum absolute atomic E-state index is 12.3. The van der Waals surface area contributed by atoms with E-state index in [-0.39, 0.29) is 17.9 Å². The smallest absolute Gasteiger partial charge is 0.268 e. The molecular formula is C15H10N4O2. The van der Waals surface area contributed by atoms with E-state index < -0.39 is 11.8 Å². The summed E-state index contributed by atoms with van der Waals surface area (Å²) in [5.74, 6) is 4.85. The molecule has 0 saturated carbocycles. The minimum atomic E-state index is -0.431. The second-order valence-electron chi connectivity index (χ2n) is 4.25. The van der Waals surface area contributed by atoms with Crippen LogP contribution in [0.3, 0.4) is 0 Å². The highest BCUT2D eigenvalue weighted by Gasteiger charge is 2.37. The Balaban J connectivity index is 2.03. The Morgan fingerprint density at radius 2 is 1.95 bits per heavy atom. The highest BCUT2D eigenvalue weighted by molar-refractivity contribution is 6.34. The largest absolute Gasteiger partial charge is 0.320 e. The lowest BCUT2D eigenvalue weighted by Gasteiger charge is -2.12. The quantitative estimate of drug-likeness (QED) is 0.609. The Labute approximate surface area is 120 Å². The topological polar surface area (TPSA) is 89.2 Å². The molecule has 0 radical (unpaired) electrons. The Bertz CT molecular complexity index is 770. The molecule has 3 rings (SSSR count). The summed E-state index contributed by atoms with van der Waals surface area (Å²) in [5, 5.41) is 0. The summed E-state index contributed by atoms with van der Waals surface area (Å²) in [6.07, 6.45) is 2.86. The molecule has 0 fully saturated rings. The fourth-order valence-corrected chi connectivity index (χ4v) is 2.05. The lowest BCUT2D eigenvalue weighted by molar-refractivity contribution is 0.0925. The number of rotatable bonds is 1. The van der Waals surface area contributed by atoms with Crippen LogP contribution in [0.1, 0.15) is 26.4 Å². The number of nitrogens with zero attached hydrogens (tertiary/aromatic N) is 3. The molecule has 0 unspecified atom stereocenters. The number of nitrogens with two attached hydrogens (primary N) is 1. The van der Waals surface area contributed by atoms with Gasteiger partial charge in [0.2, 0.25) is 0 Å². The highest BCUT2D eigenvalue weighted by atomic mass is 16.2. The van der Waals surface area contributed by atoms with Crippen molar-refractivity contribution >= 4 is 17.6 Å². The van der Waals surface area contributed by atoms with E-state index in [1.807, 2.05) is 0 Å². The van der Waals surface area contributed by atoms with Gasteiger partial charge in [-0.3, -0.25) is 14.6 Å². The molecule has 2 N–H and O–H groups in total. The molecule has 1 aliphatic rings. The van der Waals surface area contributed by atoms with Gasteiger partial charge in [0.15, 0.2) is 0 Å². The Morgan fingerprint density at radius 3 is 2.71 bits per heavy atom. The summed E-state index contributed by atoms with van der Waals surface area (Å²) in [5.41, 5.74) is 6.37. The third kappa shape index (κ3) is 2.16. The highest BCUT2D eigenvalue weighted by Crippen LogP contribution is 2.26. The average Bonchev–Trinajstić information content (AvgIpc) is 2.78. The van der Waals surface area contributed by atoms with E-state index in [1.165, 1.54) is 18.5 Å². The van der Waals surface area contributed by atoms with Gasteiger partial charge in [-0.1, -0.05) is 12.0 Å². The summed E-state index contributed by atoms with van der Waals surface area (Å²) >= 11 is 0. The van der Waals surface area contributed by atoms with Crippen molar-refractivity contribution in [3.05, 3.63) is 53.5 Å². The molecule has 2 amide bonds. The first kappa shape index (κ1) is 13.0. The van der Waals surface area contributed by atoms with E-state index in [9.17, 15) is 9.59 Å². The van der Waals surface area contributed by atoms with Crippen molar-refractivity contribution in [2.75, 3.05) is 11.4 Å². The molecule has 102 valence electrons. The number of fused-ring (bicyclic) bond motifs is 1. The van der Waals surface area contributed by atoms with Gasteiger partial charge in [-0.2, -0.15) is 0 Å². The Hall–Kier alpha value is -3.04. The van der Waals surface area contributed by atoms with Crippen LogP contribution in [0.25, 0.3) is 0 Å². The molecule has 0 aliphatic carbocycles. The maximum Gasteiger partial charge on any atom is 0.268 e. The van der Waals surface area contributed by atoms with Gasteiger partial charge >= 0.3 is 0 Å². The molecule has 0 atom stereocenters. The molecule has 0 spiro atoms. The summed E-state index contributed by atoms with van der Waals surface area (Å²) in [6.45, 7) is 0.213. The monoisotopic (exact) mass is 278 g/mol. The molecule has 0 bridgehead atoms. The van der Waals surface area contributed by atoms with Crippen LogP contribution in [-0.2, 0) is 0 Å².